The minimum atomic E-state index is -0.546. The second-order valence-corrected chi connectivity index (χ2v) is 8.97. The zero-order chi connectivity index (χ0) is 23.7. The van der Waals surface area contributed by atoms with E-state index in [0.717, 1.165) is 28.2 Å². The van der Waals surface area contributed by atoms with Crippen LogP contribution in [0.1, 0.15) is 54.2 Å². The average Bonchev–Trinajstić information content (AvgIpc) is 3.64. The number of anilines is 1. The Bertz CT molecular complexity index is 1300. The highest BCUT2D eigenvalue weighted by Gasteiger charge is 2.23. The minimum absolute atomic E-state index is 0.379. The van der Waals surface area contributed by atoms with Gasteiger partial charge >= 0.3 is 6.09 Å². The fourth-order valence-corrected chi connectivity index (χ4v) is 4.29. The third-order valence-electron chi connectivity index (χ3n) is 6.44. The largest absolute Gasteiger partial charge is 0.441 e. The van der Waals surface area contributed by atoms with Gasteiger partial charge in [-0.1, -0.05) is 78.0 Å². The molecule has 3 aromatic carbocycles. The van der Waals surface area contributed by atoms with Crippen LogP contribution >= 0.6 is 0 Å². The number of hydrogen-bond donors (Lipinski definition) is 1. The van der Waals surface area contributed by atoms with Crippen molar-refractivity contribution in [3.8, 4) is 22.5 Å². The normalized spacial score (nSPS) is 14.0. The van der Waals surface area contributed by atoms with Gasteiger partial charge in [0.1, 0.15) is 17.5 Å². The summed E-state index contributed by atoms with van der Waals surface area (Å²) in [5.74, 6) is 1.26. The van der Waals surface area contributed by atoms with Gasteiger partial charge in [0.05, 0.1) is 0 Å². The second-order valence-electron chi connectivity index (χ2n) is 8.97. The first-order valence-corrected chi connectivity index (χ1v) is 11.7. The van der Waals surface area contributed by atoms with E-state index in [0.29, 0.717) is 17.1 Å². The molecule has 5 nitrogen and oxygen atoms in total. The molecule has 172 valence electrons. The highest BCUT2D eigenvalue weighted by atomic mass is 16.6. The summed E-state index contributed by atoms with van der Waals surface area (Å²) in [5.41, 5.74) is 7.73. The van der Waals surface area contributed by atoms with Crippen LogP contribution < -0.4 is 5.32 Å². The van der Waals surface area contributed by atoms with Crippen molar-refractivity contribution in [3.05, 3.63) is 95.2 Å². The van der Waals surface area contributed by atoms with Crippen molar-refractivity contribution >= 4 is 11.8 Å². The molecule has 1 aliphatic rings. The molecule has 1 fully saturated rings. The summed E-state index contributed by atoms with van der Waals surface area (Å²) in [7, 11) is 0. The first-order valence-electron chi connectivity index (χ1n) is 11.7. The van der Waals surface area contributed by atoms with Gasteiger partial charge in [-0.3, -0.25) is 5.32 Å². The Kier molecular flexibility index (Phi) is 5.93. The van der Waals surface area contributed by atoms with Crippen LogP contribution in [0.25, 0.3) is 22.5 Å². The second kappa shape index (κ2) is 9.18. The zero-order valence-electron chi connectivity index (χ0n) is 19.7. The van der Waals surface area contributed by atoms with Crippen LogP contribution in [-0.2, 0) is 4.74 Å². The highest BCUT2D eigenvalue weighted by molar-refractivity contribution is 5.91. The molecule has 34 heavy (non-hydrogen) atoms. The summed E-state index contributed by atoms with van der Waals surface area (Å²) in [5, 5.41) is 6.89. The number of carbonyl (C=O) groups is 1. The van der Waals surface area contributed by atoms with Crippen molar-refractivity contribution in [2.24, 2.45) is 0 Å². The van der Waals surface area contributed by atoms with Crippen LogP contribution in [0.15, 0.2) is 77.3 Å². The van der Waals surface area contributed by atoms with Crippen LogP contribution in [0.3, 0.4) is 0 Å². The van der Waals surface area contributed by atoms with Crippen LogP contribution in [0.4, 0.5) is 10.5 Å². The van der Waals surface area contributed by atoms with E-state index in [1.807, 2.05) is 50.2 Å². The first kappa shape index (κ1) is 22.0. The number of carbonyl (C=O) groups excluding carboxylic acids is 1. The van der Waals surface area contributed by atoms with Crippen molar-refractivity contribution in [1.82, 2.24) is 5.16 Å². The lowest BCUT2D eigenvalue weighted by Crippen LogP contribution is -2.17. The smallest absolute Gasteiger partial charge is 0.412 e. The molecule has 4 aromatic rings. The molecular weight excluding hydrogens is 424 g/mol. The van der Waals surface area contributed by atoms with E-state index in [9.17, 15) is 4.79 Å². The highest BCUT2D eigenvalue weighted by Crippen LogP contribution is 2.40. The predicted molar refractivity (Wildman–Crippen MR) is 134 cm³/mol. The van der Waals surface area contributed by atoms with Crippen molar-refractivity contribution in [2.75, 3.05) is 5.32 Å². The number of aromatic nitrogens is 1. The molecule has 5 rings (SSSR count). The van der Waals surface area contributed by atoms with E-state index in [2.05, 4.69) is 46.9 Å². The summed E-state index contributed by atoms with van der Waals surface area (Å²) < 4.78 is 11.2. The molecular formula is C29H28N2O3. The van der Waals surface area contributed by atoms with E-state index in [1.54, 1.807) is 6.92 Å². The summed E-state index contributed by atoms with van der Waals surface area (Å²) >= 11 is 0. The van der Waals surface area contributed by atoms with Crippen molar-refractivity contribution in [2.45, 2.75) is 45.6 Å². The number of ether oxygens (including phenoxy) is 1. The van der Waals surface area contributed by atoms with Crippen molar-refractivity contribution in [3.63, 3.8) is 0 Å². The predicted octanol–water partition coefficient (Wildman–Crippen LogP) is 7.81. The van der Waals surface area contributed by atoms with Gasteiger partial charge in [0.25, 0.3) is 0 Å². The topological polar surface area (TPSA) is 64.4 Å². The molecule has 1 atom stereocenters. The Morgan fingerprint density at radius 1 is 0.941 bits per heavy atom. The minimum Gasteiger partial charge on any atom is -0.441 e. The Hall–Kier alpha value is -3.86. The quantitative estimate of drug-likeness (QED) is 0.324. The number of hydrogen-bond acceptors (Lipinski definition) is 4. The summed E-state index contributed by atoms with van der Waals surface area (Å²) in [6.07, 6.45) is 1.68. The van der Waals surface area contributed by atoms with Gasteiger partial charge in [-0.2, -0.15) is 0 Å². The maximum Gasteiger partial charge on any atom is 0.412 e. The SMILES string of the molecule is Cc1ccccc1[C@@H](C)OC(=O)Nc1c(C)noc1-c1ccc(-c2ccc(C3CC3)cc2)cc1. The van der Waals surface area contributed by atoms with Crippen LogP contribution in [0, 0.1) is 13.8 Å². The molecule has 0 aliphatic heterocycles. The van der Waals surface area contributed by atoms with Crippen LogP contribution in [-0.4, -0.2) is 11.2 Å². The van der Waals surface area contributed by atoms with Gasteiger partial charge in [0.15, 0.2) is 5.76 Å². The number of nitrogens with one attached hydrogen (secondary N) is 1. The number of nitrogens with zero attached hydrogens (tertiary/aromatic N) is 1. The van der Waals surface area contributed by atoms with Crippen molar-refractivity contribution in [1.29, 1.82) is 0 Å². The molecule has 0 radical (unpaired) electrons. The van der Waals surface area contributed by atoms with Gasteiger partial charge in [-0.15, -0.1) is 0 Å². The van der Waals surface area contributed by atoms with Gasteiger partial charge in [0.2, 0.25) is 0 Å². The molecule has 1 heterocycles. The molecule has 1 aliphatic carbocycles. The molecule has 0 bridgehead atoms. The molecule has 5 heteroatoms. The van der Waals surface area contributed by atoms with Gasteiger partial charge in [-0.05, 0) is 67.3 Å². The van der Waals surface area contributed by atoms with Crippen molar-refractivity contribution < 1.29 is 14.1 Å². The van der Waals surface area contributed by atoms with E-state index in [4.69, 9.17) is 9.26 Å². The first-order chi connectivity index (χ1) is 16.5. The molecule has 1 amide bonds. The molecule has 1 aromatic heterocycles. The Labute approximate surface area is 199 Å². The summed E-state index contributed by atoms with van der Waals surface area (Å²) in [6.45, 7) is 5.66. The average molecular weight is 453 g/mol. The van der Waals surface area contributed by atoms with Crippen LogP contribution in [0.2, 0.25) is 0 Å². The molecule has 1 N–H and O–H groups in total. The lowest BCUT2D eigenvalue weighted by molar-refractivity contribution is 0.121. The summed E-state index contributed by atoms with van der Waals surface area (Å²) in [4.78, 5) is 12.7. The molecule has 0 spiro atoms. The number of aryl methyl sites for hydroxylation is 2. The van der Waals surface area contributed by atoms with E-state index < -0.39 is 6.09 Å². The molecule has 1 saturated carbocycles. The maximum atomic E-state index is 12.7. The van der Waals surface area contributed by atoms with Crippen LogP contribution in [0.5, 0.6) is 0 Å². The van der Waals surface area contributed by atoms with E-state index >= 15 is 0 Å². The lowest BCUT2D eigenvalue weighted by Gasteiger charge is -2.16. The Morgan fingerprint density at radius 3 is 2.21 bits per heavy atom. The van der Waals surface area contributed by atoms with Gasteiger partial charge in [0, 0.05) is 5.56 Å². The molecule has 0 saturated heterocycles. The summed E-state index contributed by atoms with van der Waals surface area (Å²) in [6, 6.07) is 24.8. The monoisotopic (exact) mass is 452 g/mol. The lowest BCUT2D eigenvalue weighted by atomic mass is 10.0. The third kappa shape index (κ3) is 4.60. The van der Waals surface area contributed by atoms with Gasteiger partial charge < -0.3 is 9.26 Å². The molecule has 0 unspecified atom stereocenters. The third-order valence-corrected chi connectivity index (χ3v) is 6.44. The zero-order valence-corrected chi connectivity index (χ0v) is 19.7. The Balaban J connectivity index is 1.30. The maximum absolute atomic E-state index is 12.7. The number of amides is 1. The van der Waals surface area contributed by atoms with E-state index in [-0.39, 0.29) is 6.10 Å². The number of rotatable bonds is 6. The van der Waals surface area contributed by atoms with Gasteiger partial charge in [-0.25, -0.2) is 4.79 Å². The fourth-order valence-electron chi connectivity index (χ4n) is 4.29. The Morgan fingerprint density at radius 2 is 1.56 bits per heavy atom. The number of benzene rings is 3. The standard InChI is InChI=1S/C29H28N2O3/c1-18-6-4-5-7-26(18)20(3)33-29(32)30-27-19(2)31-34-28(27)25-16-14-24(15-17-25)23-12-10-22(11-13-23)21-8-9-21/h4-7,10-17,20-21H,8-9H2,1-3H3,(H,30,32)/t20-/m1/s1. The fraction of sp³-hybridized carbons (Fsp3) is 0.241. The van der Waals surface area contributed by atoms with E-state index in [1.165, 1.54) is 24.0 Å².